The third-order valence-electron chi connectivity index (χ3n) is 7.10. The van der Waals surface area contributed by atoms with Crippen LogP contribution in [-0.4, -0.2) is 96.0 Å². The van der Waals surface area contributed by atoms with Gasteiger partial charge in [0.2, 0.25) is 5.91 Å². The number of amides is 2. The van der Waals surface area contributed by atoms with Crippen LogP contribution in [0, 0.1) is 0 Å². The number of carbonyl (C=O) groups is 3. The van der Waals surface area contributed by atoms with Crippen LogP contribution in [0.3, 0.4) is 0 Å². The summed E-state index contributed by atoms with van der Waals surface area (Å²) in [4.78, 5) is 43.3. The molecule has 2 unspecified atom stereocenters. The Hall–Kier alpha value is -2.63. The summed E-state index contributed by atoms with van der Waals surface area (Å²) in [5.74, 6) is -1.42. The van der Waals surface area contributed by atoms with Crippen molar-refractivity contribution in [3.8, 4) is 0 Å². The lowest BCUT2D eigenvalue weighted by Gasteiger charge is -2.35. The third-order valence-corrected chi connectivity index (χ3v) is 7.83. The van der Waals surface area contributed by atoms with E-state index in [9.17, 15) is 14.4 Å². The third kappa shape index (κ3) is 10.3. The first-order valence-electron chi connectivity index (χ1n) is 14.0. The zero-order valence-electron chi connectivity index (χ0n) is 23.7. The van der Waals surface area contributed by atoms with Gasteiger partial charge in [0, 0.05) is 55.5 Å². The van der Waals surface area contributed by atoms with Crippen LogP contribution in [0.4, 0.5) is 5.69 Å². The molecule has 0 radical (unpaired) electrons. The van der Waals surface area contributed by atoms with E-state index in [1.54, 1.807) is 29.2 Å². The van der Waals surface area contributed by atoms with E-state index in [1.807, 2.05) is 43.0 Å². The topological polar surface area (TPSA) is 116 Å². The number of rotatable bonds is 14. The second kappa shape index (κ2) is 16.1. The van der Waals surface area contributed by atoms with Crippen molar-refractivity contribution < 1.29 is 24.2 Å². The molecule has 2 aromatic carbocycles. The molecule has 1 aliphatic rings. The van der Waals surface area contributed by atoms with Gasteiger partial charge >= 0.3 is 5.97 Å². The monoisotopic (exact) mass is 604 g/mol. The van der Waals surface area contributed by atoms with Crippen LogP contribution < -0.4 is 10.6 Å². The van der Waals surface area contributed by atoms with Gasteiger partial charge in [0.05, 0.1) is 18.0 Å². The fraction of sp³-hybridized carbons (Fsp3) is 0.500. The van der Waals surface area contributed by atoms with Gasteiger partial charge in [-0.1, -0.05) is 23.7 Å². The molecule has 0 spiro atoms. The number of piperazine rings is 1. The number of anilines is 1. The Kier molecular flexibility index (Phi) is 12.9. The highest BCUT2D eigenvalue weighted by atomic mass is 35.5. The van der Waals surface area contributed by atoms with Crippen molar-refractivity contribution >= 4 is 47.7 Å². The molecule has 1 heterocycles. The lowest BCUT2D eigenvalue weighted by molar-refractivity contribution is -0.138. The van der Waals surface area contributed by atoms with Crippen LogP contribution in [-0.2, 0) is 20.7 Å². The summed E-state index contributed by atoms with van der Waals surface area (Å²) in [5, 5.41) is 9.05. The number of halogens is 1. The summed E-state index contributed by atoms with van der Waals surface area (Å²) in [6.07, 6.45) is 1.29. The molecule has 0 aromatic heterocycles. The Morgan fingerprint density at radius 3 is 2.24 bits per heavy atom. The molecule has 2 atom stereocenters. The molecule has 3 N–H and O–H groups in total. The van der Waals surface area contributed by atoms with E-state index in [0.717, 1.165) is 31.1 Å². The fourth-order valence-corrected chi connectivity index (χ4v) is 5.00. The summed E-state index contributed by atoms with van der Waals surface area (Å²) in [6, 6.07) is 13.8. The average Bonchev–Trinajstić information content (AvgIpc) is 2.97. The first kappa shape index (κ1) is 32.9. The smallest absolute Gasteiger partial charge is 0.320 e. The molecule has 1 saturated heterocycles. The fourth-order valence-electron chi connectivity index (χ4n) is 4.59. The standard InChI is InChI=1S/C30H41ClN4O5S/c1-21(2)40-20-19-35(29(37)27(41)12-11-26(32)30(38)39)25-9-5-23(6-10-25)28(36)34-17-15-33(16-18-34)14-13-22-3-7-24(31)8-4-22/h3-10,21,26-27,41H,11-20,32H2,1-2H3,(H,38,39). The molecule has 3 rings (SSSR count). The lowest BCUT2D eigenvalue weighted by atomic mass is 10.1. The van der Waals surface area contributed by atoms with Gasteiger partial charge in [-0.05, 0) is 75.1 Å². The molecule has 1 aliphatic heterocycles. The van der Waals surface area contributed by atoms with Crippen molar-refractivity contribution in [1.29, 1.82) is 0 Å². The summed E-state index contributed by atoms with van der Waals surface area (Å²) < 4.78 is 5.66. The SMILES string of the molecule is CC(C)OCCN(C(=O)C(S)CCC(N)C(=O)O)c1ccc(C(=O)N2CCN(CCc3ccc(Cl)cc3)CC2)cc1. The van der Waals surface area contributed by atoms with Gasteiger partial charge in [-0.25, -0.2) is 0 Å². The van der Waals surface area contributed by atoms with E-state index < -0.39 is 17.3 Å². The minimum Gasteiger partial charge on any atom is -0.480 e. The van der Waals surface area contributed by atoms with Gasteiger partial charge in [0.15, 0.2) is 0 Å². The Labute approximate surface area is 253 Å². The zero-order chi connectivity index (χ0) is 29.9. The number of nitrogens with two attached hydrogens (primary N) is 1. The van der Waals surface area contributed by atoms with E-state index in [0.29, 0.717) is 37.5 Å². The number of carboxylic acid groups (broad SMARTS) is 1. The van der Waals surface area contributed by atoms with Crippen molar-refractivity contribution in [2.24, 2.45) is 5.73 Å². The van der Waals surface area contributed by atoms with E-state index in [-0.39, 0.29) is 30.8 Å². The zero-order valence-corrected chi connectivity index (χ0v) is 25.4. The van der Waals surface area contributed by atoms with Crippen molar-refractivity contribution in [1.82, 2.24) is 9.80 Å². The number of benzene rings is 2. The van der Waals surface area contributed by atoms with Gasteiger partial charge in [-0.2, -0.15) is 12.6 Å². The molecule has 2 amide bonds. The molecule has 0 bridgehead atoms. The molecule has 41 heavy (non-hydrogen) atoms. The number of thiol groups is 1. The van der Waals surface area contributed by atoms with Crippen LogP contribution in [0.5, 0.6) is 0 Å². The second-order valence-corrected chi connectivity index (χ2v) is 11.6. The molecule has 0 aliphatic carbocycles. The highest BCUT2D eigenvalue weighted by molar-refractivity contribution is 7.81. The van der Waals surface area contributed by atoms with Gasteiger partial charge in [0.25, 0.3) is 5.91 Å². The number of ether oxygens (including phenoxy) is 1. The van der Waals surface area contributed by atoms with Gasteiger partial charge in [-0.15, -0.1) is 0 Å². The van der Waals surface area contributed by atoms with Gasteiger partial charge in [-0.3, -0.25) is 19.3 Å². The van der Waals surface area contributed by atoms with Crippen LogP contribution in [0.1, 0.15) is 42.6 Å². The quantitative estimate of drug-likeness (QED) is 0.282. The predicted octanol–water partition coefficient (Wildman–Crippen LogP) is 3.59. The molecule has 11 heteroatoms. The highest BCUT2D eigenvalue weighted by Gasteiger charge is 2.26. The largest absolute Gasteiger partial charge is 0.480 e. The van der Waals surface area contributed by atoms with E-state index in [4.69, 9.17) is 27.2 Å². The van der Waals surface area contributed by atoms with Crippen molar-refractivity contribution in [3.63, 3.8) is 0 Å². The van der Waals surface area contributed by atoms with Gasteiger partial charge in [0.1, 0.15) is 6.04 Å². The van der Waals surface area contributed by atoms with Crippen molar-refractivity contribution in [3.05, 3.63) is 64.7 Å². The molecule has 9 nitrogen and oxygen atoms in total. The number of carbonyl (C=O) groups excluding carboxylic acids is 2. The molecule has 0 saturated carbocycles. The maximum Gasteiger partial charge on any atom is 0.320 e. The average molecular weight is 605 g/mol. The molecule has 2 aromatic rings. The number of hydrogen-bond donors (Lipinski definition) is 3. The Bertz CT molecular complexity index is 1140. The second-order valence-electron chi connectivity index (χ2n) is 10.5. The Balaban J connectivity index is 1.58. The lowest BCUT2D eigenvalue weighted by Crippen LogP contribution is -2.49. The summed E-state index contributed by atoms with van der Waals surface area (Å²) in [6.45, 7) is 8.30. The first-order chi connectivity index (χ1) is 19.5. The van der Waals surface area contributed by atoms with E-state index in [1.165, 1.54) is 5.56 Å². The van der Waals surface area contributed by atoms with E-state index in [2.05, 4.69) is 17.5 Å². The summed E-state index contributed by atoms with van der Waals surface area (Å²) in [5.41, 5.74) is 8.02. The van der Waals surface area contributed by atoms with Crippen molar-refractivity contribution in [2.75, 3.05) is 50.8 Å². The van der Waals surface area contributed by atoms with E-state index >= 15 is 0 Å². The number of carboxylic acids is 1. The maximum atomic E-state index is 13.3. The molecule has 1 fully saturated rings. The Morgan fingerprint density at radius 1 is 1.02 bits per heavy atom. The van der Waals surface area contributed by atoms with Crippen LogP contribution in [0.2, 0.25) is 5.02 Å². The summed E-state index contributed by atoms with van der Waals surface area (Å²) >= 11 is 10.4. The molecular weight excluding hydrogens is 564 g/mol. The Morgan fingerprint density at radius 2 is 1.66 bits per heavy atom. The molecule has 224 valence electrons. The minimum atomic E-state index is -1.11. The minimum absolute atomic E-state index is 0.00483. The number of nitrogens with zero attached hydrogens (tertiary/aromatic N) is 3. The van der Waals surface area contributed by atoms with Crippen LogP contribution >= 0.6 is 24.2 Å². The predicted molar refractivity (Wildman–Crippen MR) is 165 cm³/mol. The number of hydrogen-bond acceptors (Lipinski definition) is 7. The first-order valence-corrected chi connectivity index (χ1v) is 14.9. The normalized spacial score (nSPS) is 15.5. The van der Waals surface area contributed by atoms with Crippen molar-refractivity contribution in [2.45, 2.75) is 50.5 Å². The summed E-state index contributed by atoms with van der Waals surface area (Å²) in [7, 11) is 0. The maximum absolute atomic E-state index is 13.3. The highest BCUT2D eigenvalue weighted by Crippen LogP contribution is 2.21. The van der Waals surface area contributed by atoms with Gasteiger partial charge < -0.3 is 25.4 Å². The van der Waals surface area contributed by atoms with Crippen LogP contribution in [0.15, 0.2) is 48.5 Å². The molecular formula is C30H41ClN4O5S. The van der Waals surface area contributed by atoms with Crippen LogP contribution in [0.25, 0.3) is 0 Å². The number of aliphatic carboxylic acids is 1.